The summed E-state index contributed by atoms with van der Waals surface area (Å²) in [5.41, 5.74) is 3.77. The Morgan fingerprint density at radius 3 is 2.44 bits per heavy atom. The van der Waals surface area contributed by atoms with Gasteiger partial charge < -0.3 is 9.80 Å². The standard InChI is InChI=1S/C31H38ClN5O2/c1-2-17-37-29(15-16-33-37)31(39)35-20-5-18-34(22-24-9-13-27(32)14-10-24)19-6-21-36(30(38)25-11-12-25)28-8-4-3-7-26(28)23-35/h3-4,7-10,13-16,25H,2,5-6,11-12,17-23H2,1H3. The lowest BCUT2D eigenvalue weighted by molar-refractivity contribution is -0.119. The number of anilines is 1. The summed E-state index contributed by atoms with van der Waals surface area (Å²) in [6, 6.07) is 17.9. The Balaban J connectivity index is 1.44. The molecule has 7 nitrogen and oxygen atoms in total. The normalized spacial score (nSPS) is 17.3. The Kier molecular flexibility index (Phi) is 8.99. The van der Waals surface area contributed by atoms with E-state index in [-0.39, 0.29) is 17.7 Å². The van der Waals surface area contributed by atoms with Gasteiger partial charge in [-0.15, -0.1) is 0 Å². The van der Waals surface area contributed by atoms with Crippen molar-refractivity contribution in [3.63, 3.8) is 0 Å². The van der Waals surface area contributed by atoms with E-state index in [1.54, 1.807) is 10.9 Å². The molecule has 0 unspecified atom stereocenters. The molecule has 0 saturated heterocycles. The highest BCUT2D eigenvalue weighted by Crippen LogP contribution is 2.34. The van der Waals surface area contributed by atoms with Gasteiger partial charge in [0.1, 0.15) is 5.69 Å². The molecular formula is C31H38ClN5O2. The average molecular weight is 548 g/mol. The Hall–Kier alpha value is -3.16. The topological polar surface area (TPSA) is 61.7 Å². The summed E-state index contributed by atoms with van der Waals surface area (Å²) >= 11 is 6.12. The molecule has 5 rings (SSSR count). The molecule has 206 valence electrons. The van der Waals surface area contributed by atoms with Gasteiger partial charge in [-0.2, -0.15) is 5.10 Å². The third kappa shape index (κ3) is 6.89. The number of rotatable bonds is 6. The largest absolute Gasteiger partial charge is 0.333 e. The average Bonchev–Trinajstić information content (AvgIpc) is 3.69. The summed E-state index contributed by atoms with van der Waals surface area (Å²) in [7, 11) is 0. The fourth-order valence-electron chi connectivity index (χ4n) is 5.39. The van der Waals surface area contributed by atoms with E-state index in [1.807, 2.05) is 46.2 Å². The number of halogens is 1. The number of hydrogen-bond donors (Lipinski definition) is 0. The Bertz CT molecular complexity index is 1270. The molecule has 1 fully saturated rings. The molecule has 1 aliphatic carbocycles. The van der Waals surface area contributed by atoms with Crippen molar-refractivity contribution >= 4 is 29.1 Å². The van der Waals surface area contributed by atoms with Crippen molar-refractivity contribution in [2.75, 3.05) is 31.1 Å². The van der Waals surface area contributed by atoms with Crippen LogP contribution < -0.4 is 4.90 Å². The zero-order chi connectivity index (χ0) is 27.2. The van der Waals surface area contributed by atoms with Gasteiger partial charge in [0.2, 0.25) is 5.91 Å². The van der Waals surface area contributed by atoms with E-state index < -0.39 is 0 Å². The zero-order valence-electron chi connectivity index (χ0n) is 22.8. The summed E-state index contributed by atoms with van der Waals surface area (Å²) in [5.74, 6) is 0.317. The number of amides is 2. The second-order valence-electron chi connectivity index (χ2n) is 10.7. The Morgan fingerprint density at radius 2 is 1.69 bits per heavy atom. The van der Waals surface area contributed by atoms with Crippen LogP contribution in [0.15, 0.2) is 60.8 Å². The van der Waals surface area contributed by atoms with Crippen LogP contribution in [0.2, 0.25) is 5.02 Å². The van der Waals surface area contributed by atoms with Gasteiger partial charge in [0.05, 0.1) is 0 Å². The molecule has 39 heavy (non-hydrogen) atoms. The molecule has 0 radical (unpaired) electrons. The predicted molar refractivity (Wildman–Crippen MR) is 155 cm³/mol. The summed E-state index contributed by atoms with van der Waals surface area (Å²) in [5, 5.41) is 5.13. The fourth-order valence-corrected chi connectivity index (χ4v) is 5.51. The van der Waals surface area contributed by atoms with E-state index in [0.29, 0.717) is 31.9 Å². The van der Waals surface area contributed by atoms with Crippen LogP contribution in [0.5, 0.6) is 0 Å². The quantitative estimate of drug-likeness (QED) is 0.401. The first kappa shape index (κ1) is 27.4. The maximum absolute atomic E-state index is 13.9. The maximum Gasteiger partial charge on any atom is 0.272 e. The highest BCUT2D eigenvalue weighted by molar-refractivity contribution is 6.30. The van der Waals surface area contributed by atoms with E-state index in [4.69, 9.17) is 11.6 Å². The molecule has 0 atom stereocenters. The molecule has 0 N–H and O–H groups in total. The highest BCUT2D eigenvalue weighted by atomic mass is 35.5. The van der Waals surface area contributed by atoms with Crippen molar-refractivity contribution in [1.82, 2.24) is 19.6 Å². The molecule has 2 aromatic carbocycles. The molecule has 2 amide bonds. The van der Waals surface area contributed by atoms with Crippen LogP contribution in [0.3, 0.4) is 0 Å². The number of hydrogen-bond acceptors (Lipinski definition) is 4. The lowest BCUT2D eigenvalue weighted by Gasteiger charge is -2.32. The van der Waals surface area contributed by atoms with Gasteiger partial charge in [0.25, 0.3) is 5.91 Å². The van der Waals surface area contributed by atoms with Crippen molar-refractivity contribution in [3.8, 4) is 0 Å². The lowest BCUT2D eigenvalue weighted by Crippen LogP contribution is -2.39. The smallest absolute Gasteiger partial charge is 0.272 e. The number of carbonyl (C=O) groups is 2. The monoisotopic (exact) mass is 547 g/mol. The minimum absolute atomic E-state index is 0.0165. The van der Waals surface area contributed by atoms with Crippen molar-refractivity contribution in [3.05, 3.63) is 82.6 Å². The van der Waals surface area contributed by atoms with Crippen LogP contribution in [-0.2, 0) is 24.4 Å². The van der Waals surface area contributed by atoms with Crippen molar-refractivity contribution in [2.45, 2.75) is 58.7 Å². The summed E-state index contributed by atoms with van der Waals surface area (Å²) in [6.45, 7) is 7.08. The molecule has 3 aromatic rings. The van der Waals surface area contributed by atoms with E-state index in [9.17, 15) is 9.59 Å². The number of benzene rings is 2. The van der Waals surface area contributed by atoms with Gasteiger partial charge in [-0.1, -0.05) is 48.9 Å². The summed E-state index contributed by atoms with van der Waals surface area (Å²) in [6.07, 6.45) is 6.28. The van der Waals surface area contributed by atoms with Gasteiger partial charge in [0.15, 0.2) is 0 Å². The van der Waals surface area contributed by atoms with Crippen LogP contribution in [0.1, 0.15) is 60.6 Å². The molecule has 2 heterocycles. The van der Waals surface area contributed by atoms with Gasteiger partial charge in [-0.25, -0.2) is 0 Å². The molecule has 8 heteroatoms. The van der Waals surface area contributed by atoms with Crippen LogP contribution in [0.4, 0.5) is 5.69 Å². The fraction of sp³-hybridized carbons (Fsp3) is 0.452. The van der Waals surface area contributed by atoms with Crippen molar-refractivity contribution < 1.29 is 9.59 Å². The third-order valence-electron chi connectivity index (χ3n) is 7.57. The second-order valence-corrected chi connectivity index (χ2v) is 11.1. The number of aromatic nitrogens is 2. The Labute approximate surface area is 236 Å². The number of nitrogens with zero attached hydrogens (tertiary/aromatic N) is 5. The molecule has 1 saturated carbocycles. The van der Waals surface area contributed by atoms with E-state index in [2.05, 4.69) is 35.1 Å². The van der Waals surface area contributed by atoms with E-state index in [0.717, 1.165) is 68.0 Å². The van der Waals surface area contributed by atoms with Crippen molar-refractivity contribution in [2.24, 2.45) is 5.92 Å². The van der Waals surface area contributed by atoms with Gasteiger partial charge in [-0.05, 0) is 67.5 Å². The summed E-state index contributed by atoms with van der Waals surface area (Å²) < 4.78 is 1.81. The number of fused-ring (bicyclic) bond motifs is 1. The van der Waals surface area contributed by atoms with Gasteiger partial charge in [-0.3, -0.25) is 19.2 Å². The van der Waals surface area contributed by atoms with Crippen LogP contribution in [0.25, 0.3) is 0 Å². The minimum atomic E-state index is -0.0165. The number of aryl methyl sites for hydroxylation is 1. The van der Waals surface area contributed by atoms with Crippen molar-refractivity contribution in [1.29, 1.82) is 0 Å². The van der Waals surface area contributed by atoms with Crippen LogP contribution in [-0.4, -0.2) is 57.6 Å². The first-order chi connectivity index (χ1) is 19.0. The summed E-state index contributed by atoms with van der Waals surface area (Å²) in [4.78, 5) is 33.7. The van der Waals surface area contributed by atoms with Gasteiger partial charge >= 0.3 is 0 Å². The van der Waals surface area contributed by atoms with Gasteiger partial charge in [0, 0.05) is 68.6 Å². The molecule has 0 bridgehead atoms. The first-order valence-electron chi connectivity index (χ1n) is 14.2. The third-order valence-corrected chi connectivity index (χ3v) is 7.82. The van der Waals surface area contributed by atoms with Crippen LogP contribution in [0, 0.1) is 5.92 Å². The second kappa shape index (κ2) is 12.8. The SMILES string of the molecule is CCCn1nccc1C(=O)N1CCCN(Cc2ccc(Cl)cc2)CCCN(C(=O)C2CC2)c2ccccc2C1. The van der Waals surface area contributed by atoms with E-state index >= 15 is 0 Å². The van der Waals surface area contributed by atoms with Crippen LogP contribution >= 0.6 is 11.6 Å². The Morgan fingerprint density at radius 1 is 0.949 bits per heavy atom. The minimum Gasteiger partial charge on any atom is -0.333 e. The molecule has 1 aliphatic heterocycles. The molecular weight excluding hydrogens is 510 g/mol. The molecule has 0 spiro atoms. The van der Waals surface area contributed by atoms with E-state index in [1.165, 1.54) is 5.56 Å². The predicted octanol–water partition coefficient (Wildman–Crippen LogP) is 5.63. The maximum atomic E-state index is 13.9. The first-order valence-corrected chi connectivity index (χ1v) is 14.6. The zero-order valence-corrected chi connectivity index (χ0v) is 23.5. The molecule has 2 aliphatic rings. The number of para-hydroxylation sites is 1. The lowest BCUT2D eigenvalue weighted by atomic mass is 10.1. The number of carbonyl (C=O) groups excluding carboxylic acids is 2. The highest BCUT2D eigenvalue weighted by Gasteiger charge is 2.35. The molecule has 1 aromatic heterocycles.